The fourth-order valence-electron chi connectivity index (χ4n) is 2.15. The Balaban J connectivity index is 1.77. The first-order chi connectivity index (χ1) is 10.6. The highest BCUT2D eigenvalue weighted by molar-refractivity contribution is 5.96. The topological polar surface area (TPSA) is 60.7 Å². The molecule has 0 saturated carbocycles. The predicted molar refractivity (Wildman–Crippen MR) is 83.5 cm³/mol. The van der Waals surface area contributed by atoms with Gasteiger partial charge in [-0.05, 0) is 36.3 Å². The van der Waals surface area contributed by atoms with Crippen LogP contribution in [0.4, 0.5) is 0 Å². The van der Waals surface area contributed by atoms with Crippen LogP contribution in [-0.2, 0) is 6.54 Å². The lowest BCUT2D eigenvalue weighted by Gasteiger charge is -2.03. The lowest BCUT2D eigenvalue weighted by molar-refractivity contribution is 0.0961. The van der Waals surface area contributed by atoms with E-state index in [9.17, 15) is 4.79 Å². The number of nitrogens with zero attached hydrogens (tertiary/aromatic N) is 4. The van der Waals surface area contributed by atoms with Crippen molar-refractivity contribution >= 4 is 5.78 Å². The van der Waals surface area contributed by atoms with E-state index in [2.05, 4.69) is 15.4 Å². The van der Waals surface area contributed by atoms with Gasteiger partial charge in [-0.3, -0.25) is 4.79 Å². The number of hydrogen-bond donors (Lipinski definition) is 0. The Morgan fingerprint density at radius 1 is 1.05 bits per heavy atom. The van der Waals surface area contributed by atoms with Gasteiger partial charge in [-0.15, -0.1) is 10.2 Å². The second-order valence-corrected chi connectivity index (χ2v) is 5.23. The first-order valence-electron chi connectivity index (χ1n) is 7.07. The van der Waals surface area contributed by atoms with Crippen molar-refractivity contribution in [2.75, 3.05) is 0 Å². The Kier molecular flexibility index (Phi) is 3.78. The minimum atomic E-state index is -0.0277. The first kappa shape index (κ1) is 14.1. The van der Waals surface area contributed by atoms with E-state index in [1.54, 1.807) is 0 Å². The van der Waals surface area contributed by atoms with Gasteiger partial charge >= 0.3 is 0 Å². The average molecular weight is 292 g/mol. The number of Topliss-reactive ketones (excluding diaryl/α,β-unsaturated/α-hetero) is 1. The fraction of sp³-hybridized carbons (Fsp3) is 0.176. The lowest BCUT2D eigenvalue weighted by atomic mass is 10.0. The number of hydrogen-bond acceptors (Lipinski definition) is 4. The van der Waals surface area contributed by atoms with E-state index in [-0.39, 0.29) is 12.3 Å². The quantitative estimate of drug-likeness (QED) is 0.694. The van der Waals surface area contributed by atoms with Crippen molar-refractivity contribution in [3.8, 4) is 11.4 Å². The molecule has 3 rings (SSSR count). The zero-order chi connectivity index (χ0) is 15.5. The number of tetrazole rings is 1. The van der Waals surface area contributed by atoms with Gasteiger partial charge in [0, 0.05) is 11.1 Å². The van der Waals surface area contributed by atoms with E-state index < -0.39 is 0 Å². The Hall–Kier alpha value is -2.82. The molecule has 5 heteroatoms. The van der Waals surface area contributed by atoms with Crippen molar-refractivity contribution in [1.29, 1.82) is 0 Å². The number of carbonyl (C=O) groups is 1. The molecule has 2 aromatic carbocycles. The van der Waals surface area contributed by atoms with Gasteiger partial charge in [0.05, 0.1) is 0 Å². The van der Waals surface area contributed by atoms with Crippen LogP contribution >= 0.6 is 0 Å². The molecule has 0 spiro atoms. The van der Waals surface area contributed by atoms with Crippen molar-refractivity contribution < 1.29 is 4.79 Å². The van der Waals surface area contributed by atoms with Gasteiger partial charge in [0.25, 0.3) is 0 Å². The minimum Gasteiger partial charge on any atom is -0.292 e. The van der Waals surface area contributed by atoms with E-state index in [4.69, 9.17) is 0 Å². The Labute approximate surface area is 128 Å². The second kappa shape index (κ2) is 5.89. The van der Waals surface area contributed by atoms with E-state index in [1.807, 2.05) is 62.4 Å². The van der Waals surface area contributed by atoms with Crippen LogP contribution in [0.3, 0.4) is 0 Å². The minimum absolute atomic E-state index is 0.0277. The van der Waals surface area contributed by atoms with Gasteiger partial charge < -0.3 is 0 Å². The van der Waals surface area contributed by atoms with E-state index in [0.29, 0.717) is 11.4 Å². The van der Waals surface area contributed by atoms with Crippen LogP contribution in [0.2, 0.25) is 0 Å². The molecular weight excluding hydrogens is 276 g/mol. The SMILES string of the molecule is Cc1ccc(C(=O)Cn2nnc(-c3ccccc3)n2)cc1C. The molecule has 0 saturated heterocycles. The third kappa shape index (κ3) is 2.93. The molecule has 5 nitrogen and oxygen atoms in total. The van der Waals surface area contributed by atoms with Crippen LogP contribution in [0, 0.1) is 13.8 Å². The fourth-order valence-corrected chi connectivity index (χ4v) is 2.15. The number of carbonyl (C=O) groups excluding carboxylic acids is 1. The van der Waals surface area contributed by atoms with Gasteiger partial charge in [0.2, 0.25) is 5.82 Å². The zero-order valence-corrected chi connectivity index (χ0v) is 12.5. The molecule has 1 heterocycles. The summed E-state index contributed by atoms with van der Waals surface area (Å²) in [6.07, 6.45) is 0. The molecule has 0 fully saturated rings. The normalized spacial score (nSPS) is 10.6. The predicted octanol–water partition coefficient (Wildman–Crippen LogP) is 2.84. The smallest absolute Gasteiger partial charge is 0.204 e. The van der Waals surface area contributed by atoms with Gasteiger partial charge in [0.15, 0.2) is 5.78 Å². The van der Waals surface area contributed by atoms with Crippen molar-refractivity contribution in [3.63, 3.8) is 0 Å². The third-order valence-electron chi connectivity index (χ3n) is 3.60. The van der Waals surface area contributed by atoms with Gasteiger partial charge in [-0.25, -0.2) is 0 Å². The van der Waals surface area contributed by atoms with Crippen LogP contribution in [0.1, 0.15) is 21.5 Å². The summed E-state index contributed by atoms with van der Waals surface area (Å²) in [6.45, 7) is 4.10. The monoisotopic (exact) mass is 292 g/mol. The third-order valence-corrected chi connectivity index (χ3v) is 3.60. The number of benzene rings is 2. The molecule has 110 valence electrons. The van der Waals surface area contributed by atoms with Crippen LogP contribution < -0.4 is 0 Å². The largest absolute Gasteiger partial charge is 0.292 e. The molecule has 0 radical (unpaired) electrons. The lowest BCUT2D eigenvalue weighted by Crippen LogP contribution is -2.13. The first-order valence-corrected chi connectivity index (χ1v) is 7.07. The number of rotatable bonds is 4. The Bertz CT molecular complexity index is 809. The average Bonchev–Trinajstić information content (AvgIpc) is 2.99. The molecular formula is C17H16N4O. The summed E-state index contributed by atoms with van der Waals surface area (Å²) < 4.78 is 0. The van der Waals surface area contributed by atoms with Crippen LogP contribution in [0.5, 0.6) is 0 Å². The maximum absolute atomic E-state index is 12.3. The van der Waals surface area contributed by atoms with Crippen molar-refractivity contribution in [3.05, 3.63) is 65.2 Å². The molecule has 0 aliphatic heterocycles. The molecule has 0 atom stereocenters. The van der Waals surface area contributed by atoms with Crippen LogP contribution in [0.15, 0.2) is 48.5 Å². The standard InChI is InChI=1S/C17H16N4O/c1-12-8-9-15(10-13(12)2)16(22)11-21-19-17(18-20-21)14-6-4-3-5-7-14/h3-10H,11H2,1-2H3. The zero-order valence-electron chi connectivity index (χ0n) is 12.5. The Morgan fingerprint density at radius 3 is 2.55 bits per heavy atom. The molecule has 0 bridgehead atoms. The molecule has 3 aromatic rings. The molecule has 0 aliphatic rings. The number of ketones is 1. The molecule has 22 heavy (non-hydrogen) atoms. The summed E-state index contributed by atoms with van der Waals surface area (Å²) in [5, 5.41) is 12.2. The summed E-state index contributed by atoms with van der Waals surface area (Å²) in [6, 6.07) is 15.3. The highest BCUT2D eigenvalue weighted by Crippen LogP contribution is 2.13. The van der Waals surface area contributed by atoms with E-state index in [1.165, 1.54) is 10.4 Å². The summed E-state index contributed by atoms with van der Waals surface area (Å²) in [5.74, 6) is 0.494. The molecule has 0 amide bonds. The van der Waals surface area contributed by atoms with Crippen molar-refractivity contribution in [1.82, 2.24) is 20.2 Å². The summed E-state index contributed by atoms with van der Waals surface area (Å²) >= 11 is 0. The van der Waals surface area contributed by atoms with E-state index >= 15 is 0 Å². The number of aryl methyl sites for hydroxylation is 2. The second-order valence-electron chi connectivity index (χ2n) is 5.23. The number of aromatic nitrogens is 4. The van der Waals surface area contributed by atoms with Gasteiger partial charge in [0.1, 0.15) is 6.54 Å². The summed E-state index contributed by atoms with van der Waals surface area (Å²) in [5.41, 5.74) is 3.82. The van der Waals surface area contributed by atoms with E-state index in [0.717, 1.165) is 11.1 Å². The molecule has 0 aliphatic carbocycles. The van der Waals surface area contributed by atoms with Crippen LogP contribution in [-0.4, -0.2) is 26.0 Å². The van der Waals surface area contributed by atoms with Crippen molar-refractivity contribution in [2.24, 2.45) is 0 Å². The highest BCUT2D eigenvalue weighted by Gasteiger charge is 2.11. The van der Waals surface area contributed by atoms with Crippen molar-refractivity contribution in [2.45, 2.75) is 20.4 Å². The molecule has 1 aromatic heterocycles. The Morgan fingerprint density at radius 2 is 1.82 bits per heavy atom. The molecule has 0 N–H and O–H groups in total. The van der Waals surface area contributed by atoms with Crippen LogP contribution in [0.25, 0.3) is 11.4 Å². The molecule has 0 unspecified atom stereocenters. The van der Waals surface area contributed by atoms with Gasteiger partial charge in [-0.2, -0.15) is 4.80 Å². The summed E-state index contributed by atoms with van der Waals surface area (Å²) in [4.78, 5) is 13.6. The highest BCUT2D eigenvalue weighted by atomic mass is 16.1. The summed E-state index contributed by atoms with van der Waals surface area (Å²) in [7, 11) is 0. The maximum Gasteiger partial charge on any atom is 0.204 e. The maximum atomic E-state index is 12.3. The van der Waals surface area contributed by atoms with Gasteiger partial charge in [-0.1, -0.05) is 42.5 Å².